The number of benzene rings is 1. The van der Waals surface area contributed by atoms with Gasteiger partial charge in [0.1, 0.15) is 11.3 Å². The summed E-state index contributed by atoms with van der Waals surface area (Å²) in [4.78, 5) is 18.1. The average Bonchev–Trinajstić information content (AvgIpc) is 3.16. The molecule has 0 spiro atoms. The molecule has 1 saturated heterocycles. The zero-order valence-electron chi connectivity index (χ0n) is 16.5. The summed E-state index contributed by atoms with van der Waals surface area (Å²) in [7, 11) is 2.19. The molecule has 5 rings (SSSR count). The number of nitrogens with zero attached hydrogens (tertiary/aromatic N) is 4. The summed E-state index contributed by atoms with van der Waals surface area (Å²) in [6.07, 6.45) is 5.45. The molecule has 2 aromatic heterocycles. The first-order valence-corrected chi connectivity index (χ1v) is 10.4. The minimum absolute atomic E-state index is 0.366. The zero-order chi connectivity index (χ0) is 18.9. The number of aryl methyl sites for hydroxylation is 1. The van der Waals surface area contributed by atoms with E-state index in [0.717, 1.165) is 62.4 Å². The lowest BCUT2D eigenvalue weighted by atomic mass is 9.91. The number of rotatable bonds is 4. The summed E-state index contributed by atoms with van der Waals surface area (Å²) in [6.45, 7) is 4.93. The van der Waals surface area contributed by atoms with Gasteiger partial charge in [-0.05, 0) is 50.1 Å². The zero-order valence-corrected chi connectivity index (χ0v) is 16.5. The Morgan fingerprint density at radius 2 is 2.07 bits per heavy atom. The van der Waals surface area contributed by atoms with E-state index >= 15 is 0 Å². The molecule has 6 nitrogen and oxygen atoms in total. The van der Waals surface area contributed by atoms with Crippen LogP contribution in [0, 0.1) is 0 Å². The van der Waals surface area contributed by atoms with Crippen LogP contribution in [0.15, 0.2) is 36.5 Å². The molecule has 0 amide bonds. The Hall–Kier alpha value is -2.44. The standard InChI is InChI=1S/C22H28N6/c1-27(18-8-2-5-16-6-4-10-24-21(16)18)15-20-25-17-7-3-9-19(22(17)26-20)28-13-11-23-12-14-28/h3-4,6-7,9-10,18,23H,2,5,8,11-15H2,1H3,(H,25,26). The number of hydrogen-bond donors (Lipinski definition) is 2. The first-order valence-electron chi connectivity index (χ1n) is 10.4. The smallest absolute Gasteiger partial charge is 0.121 e. The van der Waals surface area contributed by atoms with E-state index in [1.54, 1.807) is 0 Å². The molecule has 0 radical (unpaired) electrons. The van der Waals surface area contributed by atoms with E-state index in [1.807, 2.05) is 6.20 Å². The quantitative estimate of drug-likeness (QED) is 0.733. The van der Waals surface area contributed by atoms with Crippen LogP contribution in [0.5, 0.6) is 0 Å². The molecular formula is C22H28N6. The van der Waals surface area contributed by atoms with E-state index in [1.165, 1.54) is 23.4 Å². The molecule has 1 aromatic carbocycles. The Bertz CT molecular complexity index is 959. The highest BCUT2D eigenvalue weighted by Crippen LogP contribution is 2.33. The fraction of sp³-hybridized carbons (Fsp3) is 0.455. The van der Waals surface area contributed by atoms with Gasteiger partial charge in [0.25, 0.3) is 0 Å². The molecule has 3 aromatic rings. The molecule has 1 aliphatic carbocycles. The molecule has 1 fully saturated rings. The molecule has 3 heterocycles. The Labute approximate surface area is 166 Å². The fourth-order valence-corrected chi connectivity index (χ4v) is 4.66. The molecule has 1 aliphatic heterocycles. The van der Waals surface area contributed by atoms with E-state index in [0.29, 0.717) is 6.04 Å². The topological polar surface area (TPSA) is 60.1 Å². The van der Waals surface area contributed by atoms with Gasteiger partial charge in [0.15, 0.2) is 0 Å². The molecule has 6 heteroatoms. The number of para-hydroxylation sites is 1. The van der Waals surface area contributed by atoms with Crippen molar-refractivity contribution in [3.05, 3.63) is 53.6 Å². The summed E-state index contributed by atoms with van der Waals surface area (Å²) in [5.41, 5.74) is 6.11. The molecule has 2 N–H and O–H groups in total. The number of pyridine rings is 1. The van der Waals surface area contributed by atoms with E-state index in [-0.39, 0.29) is 0 Å². The summed E-state index contributed by atoms with van der Waals surface area (Å²) in [5, 5.41) is 3.43. The lowest BCUT2D eigenvalue weighted by molar-refractivity contribution is 0.204. The second-order valence-electron chi connectivity index (χ2n) is 7.96. The number of imidazole rings is 1. The molecule has 146 valence electrons. The van der Waals surface area contributed by atoms with Gasteiger partial charge < -0.3 is 15.2 Å². The normalized spacial score (nSPS) is 19.9. The van der Waals surface area contributed by atoms with Crippen molar-refractivity contribution in [2.45, 2.75) is 31.8 Å². The number of fused-ring (bicyclic) bond motifs is 2. The molecular weight excluding hydrogens is 348 g/mol. The second kappa shape index (κ2) is 7.53. The van der Waals surface area contributed by atoms with Crippen molar-refractivity contribution in [3.8, 4) is 0 Å². The van der Waals surface area contributed by atoms with Gasteiger partial charge in [0.05, 0.1) is 29.5 Å². The summed E-state index contributed by atoms with van der Waals surface area (Å²) < 4.78 is 0. The highest BCUT2D eigenvalue weighted by atomic mass is 15.2. The van der Waals surface area contributed by atoms with Crippen LogP contribution in [0.3, 0.4) is 0 Å². The first kappa shape index (κ1) is 17.6. The van der Waals surface area contributed by atoms with Crippen LogP contribution in [0.2, 0.25) is 0 Å². The van der Waals surface area contributed by atoms with E-state index in [9.17, 15) is 0 Å². The number of anilines is 1. The van der Waals surface area contributed by atoms with Crippen LogP contribution in [0.1, 0.15) is 36.0 Å². The number of aromatic nitrogens is 3. The molecule has 0 saturated carbocycles. The van der Waals surface area contributed by atoms with Gasteiger partial charge in [0.2, 0.25) is 0 Å². The van der Waals surface area contributed by atoms with Crippen molar-refractivity contribution in [2.75, 3.05) is 38.1 Å². The Balaban J connectivity index is 1.40. The average molecular weight is 377 g/mol. The second-order valence-corrected chi connectivity index (χ2v) is 7.96. The third-order valence-corrected chi connectivity index (χ3v) is 6.09. The SMILES string of the molecule is CN(Cc1nc2c(N3CCNCC3)cccc2[nH]1)C1CCCc2cccnc21. The van der Waals surface area contributed by atoms with Crippen molar-refractivity contribution in [3.63, 3.8) is 0 Å². The van der Waals surface area contributed by atoms with Crippen LogP contribution in [0.4, 0.5) is 5.69 Å². The molecule has 28 heavy (non-hydrogen) atoms. The maximum Gasteiger partial charge on any atom is 0.121 e. The number of nitrogens with one attached hydrogen (secondary N) is 2. The predicted octanol–water partition coefficient (Wildman–Crippen LogP) is 2.88. The maximum absolute atomic E-state index is 5.00. The van der Waals surface area contributed by atoms with Crippen molar-refractivity contribution in [1.29, 1.82) is 0 Å². The van der Waals surface area contributed by atoms with Crippen molar-refractivity contribution < 1.29 is 0 Å². The van der Waals surface area contributed by atoms with Gasteiger partial charge in [-0.25, -0.2) is 4.98 Å². The Kier molecular flexibility index (Phi) is 4.74. The summed E-state index contributed by atoms with van der Waals surface area (Å²) >= 11 is 0. The highest BCUT2D eigenvalue weighted by Gasteiger charge is 2.25. The molecule has 1 unspecified atom stereocenters. The van der Waals surface area contributed by atoms with Gasteiger partial charge in [-0.1, -0.05) is 12.1 Å². The molecule has 1 atom stereocenters. The minimum atomic E-state index is 0.366. The first-order chi connectivity index (χ1) is 13.8. The molecule has 2 aliphatic rings. The lowest BCUT2D eigenvalue weighted by Crippen LogP contribution is -2.43. The predicted molar refractivity (Wildman–Crippen MR) is 113 cm³/mol. The summed E-state index contributed by atoms with van der Waals surface area (Å²) in [6, 6.07) is 11.1. The fourth-order valence-electron chi connectivity index (χ4n) is 4.66. The largest absolute Gasteiger partial charge is 0.367 e. The minimum Gasteiger partial charge on any atom is -0.367 e. The Morgan fingerprint density at radius 3 is 2.96 bits per heavy atom. The third-order valence-electron chi connectivity index (χ3n) is 6.09. The third kappa shape index (κ3) is 3.27. The van der Waals surface area contributed by atoms with Crippen LogP contribution >= 0.6 is 0 Å². The van der Waals surface area contributed by atoms with Gasteiger partial charge in [-0.15, -0.1) is 0 Å². The lowest BCUT2D eigenvalue weighted by Gasteiger charge is -2.31. The number of aromatic amines is 1. The van der Waals surface area contributed by atoms with Gasteiger partial charge in [-0.3, -0.25) is 9.88 Å². The van der Waals surface area contributed by atoms with Crippen molar-refractivity contribution >= 4 is 16.7 Å². The van der Waals surface area contributed by atoms with Gasteiger partial charge in [0, 0.05) is 32.4 Å². The van der Waals surface area contributed by atoms with Gasteiger partial charge in [-0.2, -0.15) is 0 Å². The van der Waals surface area contributed by atoms with Crippen LogP contribution in [-0.2, 0) is 13.0 Å². The van der Waals surface area contributed by atoms with E-state index in [4.69, 9.17) is 9.97 Å². The van der Waals surface area contributed by atoms with Crippen LogP contribution in [0.25, 0.3) is 11.0 Å². The van der Waals surface area contributed by atoms with E-state index < -0.39 is 0 Å². The van der Waals surface area contributed by atoms with Crippen LogP contribution in [-0.4, -0.2) is 53.1 Å². The number of hydrogen-bond acceptors (Lipinski definition) is 5. The van der Waals surface area contributed by atoms with Crippen molar-refractivity contribution in [1.82, 2.24) is 25.2 Å². The van der Waals surface area contributed by atoms with Crippen LogP contribution < -0.4 is 10.2 Å². The Morgan fingerprint density at radius 1 is 1.18 bits per heavy atom. The maximum atomic E-state index is 5.00. The number of piperazine rings is 1. The molecule has 0 bridgehead atoms. The van der Waals surface area contributed by atoms with E-state index in [2.05, 4.69) is 57.5 Å². The van der Waals surface area contributed by atoms with Crippen molar-refractivity contribution in [2.24, 2.45) is 0 Å². The monoisotopic (exact) mass is 376 g/mol. The highest BCUT2D eigenvalue weighted by molar-refractivity contribution is 5.89. The number of H-pyrrole nitrogens is 1. The van der Waals surface area contributed by atoms with Gasteiger partial charge >= 0.3 is 0 Å². The summed E-state index contributed by atoms with van der Waals surface area (Å²) in [5.74, 6) is 1.03.